The molecule has 0 radical (unpaired) electrons. The third-order valence-electron chi connectivity index (χ3n) is 5.37. The number of carbonyl (C=O) groups excluding carboxylic acids is 1. The number of nitrogens with zero attached hydrogens (tertiary/aromatic N) is 3. The number of carbonyl (C=O) groups is 1. The molecule has 4 rings (SSSR count). The maximum Gasteiger partial charge on any atom is 0.229 e. The number of rotatable bonds is 4. The second-order valence-corrected chi connectivity index (χ2v) is 6.86. The molecular formula is C19H20N4O. The van der Waals surface area contributed by atoms with Crippen LogP contribution >= 0.6 is 0 Å². The van der Waals surface area contributed by atoms with Crippen molar-refractivity contribution in [1.29, 1.82) is 5.26 Å². The summed E-state index contributed by atoms with van der Waals surface area (Å²) in [6.45, 7) is 2.39. The van der Waals surface area contributed by atoms with E-state index >= 15 is 0 Å². The summed E-state index contributed by atoms with van der Waals surface area (Å²) in [4.78, 5) is 12.8. The van der Waals surface area contributed by atoms with Crippen molar-refractivity contribution in [2.45, 2.75) is 44.6 Å². The van der Waals surface area contributed by atoms with E-state index in [0.29, 0.717) is 18.8 Å². The van der Waals surface area contributed by atoms with Crippen LogP contribution in [0.1, 0.15) is 36.1 Å². The molecule has 2 atom stereocenters. The molecule has 2 aliphatic carbocycles. The summed E-state index contributed by atoms with van der Waals surface area (Å²) in [6, 6.07) is 12.5. The Morgan fingerprint density at radius 2 is 2.33 bits per heavy atom. The summed E-state index contributed by atoms with van der Waals surface area (Å²) in [5, 5.41) is 16.2. The van der Waals surface area contributed by atoms with Crippen molar-refractivity contribution in [3.05, 3.63) is 47.2 Å². The molecule has 2 aromatic rings. The molecule has 5 heteroatoms. The van der Waals surface area contributed by atoms with Gasteiger partial charge in [-0.15, -0.1) is 0 Å². The lowest BCUT2D eigenvalue weighted by atomic mass is 9.95. The fourth-order valence-electron chi connectivity index (χ4n) is 4.13. The molecule has 0 bridgehead atoms. The highest BCUT2D eigenvalue weighted by Crippen LogP contribution is 2.61. The number of nitriles is 1. The van der Waals surface area contributed by atoms with Crippen molar-refractivity contribution in [2.24, 2.45) is 5.92 Å². The van der Waals surface area contributed by atoms with Crippen molar-refractivity contribution >= 4 is 11.7 Å². The number of anilines is 1. The molecule has 0 unspecified atom stereocenters. The van der Waals surface area contributed by atoms with Gasteiger partial charge in [0.15, 0.2) is 0 Å². The first kappa shape index (κ1) is 14.9. The minimum Gasteiger partial charge on any atom is -0.311 e. The molecule has 5 nitrogen and oxygen atoms in total. The predicted molar refractivity (Wildman–Crippen MR) is 90.4 cm³/mol. The zero-order chi connectivity index (χ0) is 16.7. The zero-order valence-corrected chi connectivity index (χ0v) is 13.7. The van der Waals surface area contributed by atoms with E-state index in [1.165, 1.54) is 11.1 Å². The summed E-state index contributed by atoms with van der Waals surface area (Å²) in [6.07, 6.45) is 3.45. The molecule has 1 aromatic heterocycles. The minimum atomic E-state index is 0.0424. The first-order valence-electron chi connectivity index (χ1n) is 8.45. The van der Waals surface area contributed by atoms with Crippen LogP contribution in [0.25, 0.3) is 0 Å². The zero-order valence-electron chi connectivity index (χ0n) is 13.7. The van der Waals surface area contributed by atoms with Crippen LogP contribution < -0.4 is 5.32 Å². The van der Waals surface area contributed by atoms with Gasteiger partial charge in [0.25, 0.3) is 0 Å². The van der Waals surface area contributed by atoms with Gasteiger partial charge >= 0.3 is 0 Å². The smallest absolute Gasteiger partial charge is 0.229 e. The Morgan fingerprint density at radius 3 is 3.17 bits per heavy atom. The Kier molecular flexibility index (Phi) is 3.42. The maximum atomic E-state index is 12.8. The Labute approximate surface area is 141 Å². The van der Waals surface area contributed by atoms with Gasteiger partial charge in [-0.2, -0.15) is 10.4 Å². The van der Waals surface area contributed by atoms with Gasteiger partial charge in [0.2, 0.25) is 5.91 Å². The lowest BCUT2D eigenvalue weighted by Gasteiger charge is -2.12. The summed E-state index contributed by atoms with van der Waals surface area (Å²) in [5.74, 6) is 0.812. The van der Waals surface area contributed by atoms with Crippen molar-refractivity contribution in [3.63, 3.8) is 0 Å². The lowest BCUT2D eigenvalue weighted by molar-refractivity contribution is -0.117. The average molecular weight is 320 g/mol. The third kappa shape index (κ3) is 2.30. The quantitative estimate of drug-likeness (QED) is 0.941. The molecule has 1 amide bonds. The Balaban J connectivity index is 1.51. The van der Waals surface area contributed by atoms with Gasteiger partial charge in [-0.3, -0.25) is 4.79 Å². The van der Waals surface area contributed by atoms with Gasteiger partial charge in [0.1, 0.15) is 5.82 Å². The van der Waals surface area contributed by atoms with Crippen LogP contribution in [0.3, 0.4) is 0 Å². The number of hydrogen-bond donors (Lipinski definition) is 1. The average Bonchev–Trinajstić information content (AvgIpc) is 3.06. The van der Waals surface area contributed by atoms with E-state index in [9.17, 15) is 4.79 Å². The highest BCUT2D eigenvalue weighted by molar-refractivity contribution is 5.95. The van der Waals surface area contributed by atoms with E-state index in [1.807, 2.05) is 13.0 Å². The molecule has 1 saturated carbocycles. The minimum absolute atomic E-state index is 0.0424. The van der Waals surface area contributed by atoms with Gasteiger partial charge in [-0.25, -0.2) is 4.68 Å². The third-order valence-corrected chi connectivity index (χ3v) is 5.37. The lowest BCUT2D eigenvalue weighted by Crippen LogP contribution is -2.21. The monoisotopic (exact) mass is 320 g/mol. The Hall–Kier alpha value is -2.61. The van der Waals surface area contributed by atoms with Crippen LogP contribution in [-0.4, -0.2) is 15.7 Å². The number of fused-ring (bicyclic) bond motifs is 2. The SMILES string of the molecule is Cc1cc(NC(=O)[C@H]2C[C@@]23CCc2ccccc23)n(CCC#N)n1. The van der Waals surface area contributed by atoms with Gasteiger partial charge < -0.3 is 5.32 Å². The van der Waals surface area contributed by atoms with Crippen LogP contribution in [0.4, 0.5) is 5.82 Å². The molecule has 0 aliphatic heterocycles. The van der Waals surface area contributed by atoms with Crippen LogP contribution in [0, 0.1) is 24.2 Å². The fraction of sp³-hybridized carbons (Fsp3) is 0.421. The van der Waals surface area contributed by atoms with Crippen LogP contribution in [0.2, 0.25) is 0 Å². The molecule has 1 fully saturated rings. The van der Waals surface area contributed by atoms with E-state index in [1.54, 1.807) is 4.68 Å². The fourth-order valence-corrected chi connectivity index (χ4v) is 4.13. The number of benzene rings is 1. The van der Waals surface area contributed by atoms with Crippen molar-refractivity contribution in [2.75, 3.05) is 5.32 Å². The van der Waals surface area contributed by atoms with Crippen molar-refractivity contribution in [3.8, 4) is 6.07 Å². The summed E-state index contributed by atoms with van der Waals surface area (Å²) in [7, 11) is 0. The topological polar surface area (TPSA) is 70.7 Å². The van der Waals surface area contributed by atoms with Gasteiger partial charge in [0.05, 0.1) is 24.7 Å². The van der Waals surface area contributed by atoms with E-state index in [-0.39, 0.29) is 17.2 Å². The molecule has 0 saturated heterocycles. The Morgan fingerprint density at radius 1 is 1.50 bits per heavy atom. The van der Waals surface area contributed by atoms with Gasteiger partial charge in [-0.05, 0) is 37.3 Å². The second-order valence-electron chi connectivity index (χ2n) is 6.86. The standard InChI is InChI=1S/C19H20N4O/c1-13-11-17(23(22-13)10-4-9-20)21-18(24)16-12-19(16)8-7-14-5-2-3-6-15(14)19/h2-3,5-6,11,16H,4,7-8,10,12H2,1H3,(H,21,24)/t16-,19-/m1/s1. The summed E-state index contributed by atoms with van der Waals surface area (Å²) >= 11 is 0. The molecule has 122 valence electrons. The van der Waals surface area contributed by atoms with E-state index in [0.717, 1.165) is 25.0 Å². The van der Waals surface area contributed by atoms with Crippen molar-refractivity contribution < 1.29 is 4.79 Å². The van der Waals surface area contributed by atoms with E-state index in [2.05, 4.69) is 40.8 Å². The molecular weight excluding hydrogens is 300 g/mol. The predicted octanol–water partition coefficient (Wildman–Crippen LogP) is 2.95. The number of aromatic nitrogens is 2. The highest BCUT2D eigenvalue weighted by atomic mass is 16.2. The number of nitrogens with one attached hydrogen (secondary N) is 1. The summed E-state index contributed by atoms with van der Waals surface area (Å²) in [5.41, 5.74) is 3.65. The normalized spacial score (nSPS) is 23.8. The molecule has 24 heavy (non-hydrogen) atoms. The van der Waals surface area contributed by atoms with Crippen LogP contribution in [-0.2, 0) is 23.2 Å². The van der Waals surface area contributed by atoms with E-state index < -0.39 is 0 Å². The first-order valence-corrected chi connectivity index (χ1v) is 8.45. The largest absolute Gasteiger partial charge is 0.311 e. The highest BCUT2D eigenvalue weighted by Gasteiger charge is 2.61. The number of hydrogen-bond acceptors (Lipinski definition) is 3. The van der Waals surface area contributed by atoms with E-state index in [4.69, 9.17) is 5.26 Å². The molecule has 2 aliphatic rings. The summed E-state index contributed by atoms with van der Waals surface area (Å²) < 4.78 is 1.72. The Bertz CT molecular complexity index is 847. The number of amides is 1. The van der Waals surface area contributed by atoms with Crippen molar-refractivity contribution in [1.82, 2.24) is 9.78 Å². The molecule has 1 aromatic carbocycles. The second kappa shape index (κ2) is 5.48. The first-order chi connectivity index (χ1) is 11.6. The van der Waals surface area contributed by atoms with Crippen LogP contribution in [0.15, 0.2) is 30.3 Å². The molecule has 1 N–H and O–H groups in total. The number of aryl methyl sites for hydroxylation is 3. The molecule has 1 spiro atoms. The van der Waals surface area contributed by atoms with Crippen LogP contribution in [0.5, 0.6) is 0 Å². The van der Waals surface area contributed by atoms with Gasteiger partial charge in [-0.1, -0.05) is 24.3 Å². The molecule has 1 heterocycles. The van der Waals surface area contributed by atoms with Gasteiger partial charge in [0, 0.05) is 17.4 Å². The maximum absolute atomic E-state index is 12.8.